The Morgan fingerprint density at radius 3 is 2.45 bits per heavy atom. The molecule has 0 atom stereocenters. The Labute approximate surface area is 193 Å². The van der Waals surface area contributed by atoms with Crippen molar-refractivity contribution >= 4 is 33.2 Å². The average molecular weight is 492 g/mol. The molecule has 1 fully saturated rings. The third-order valence-corrected chi connectivity index (χ3v) is 7.62. The zero-order valence-electron chi connectivity index (χ0n) is 17.1. The number of amides is 2. The van der Waals surface area contributed by atoms with Gasteiger partial charge in [-0.05, 0) is 60.2 Å². The quantitative estimate of drug-likeness (QED) is 0.495. The molecule has 2 amide bonds. The predicted molar refractivity (Wildman–Crippen MR) is 118 cm³/mol. The molecule has 7 nitrogen and oxygen atoms in total. The van der Waals surface area contributed by atoms with Crippen LogP contribution in [0.3, 0.4) is 0 Å². The number of carbonyl (C=O) groups is 2. The fourth-order valence-corrected chi connectivity index (χ4v) is 5.54. The smallest absolute Gasteiger partial charge is 0.267 e. The molecule has 3 aromatic rings. The van der Waals surface area contributed by atoms with Crippen LogP contribution in [0.2, 0.25) is 0 Å². The highest BCUT2D eigenvalue weighted by molar-refractivity contribution is 7.89. The Morgan fingerprint density at radius 2 is 1.79 bits per heavy atom. The maximum Gasteiger partial charge on any atom is 0.272 e. The summed E-state index contributed by atoms with van der Waals surface area (Å²) in [6, 6.07) is 9.81. The highest BCUT2D eigenvalue weighted by Gasteiger charge is 2.38. The van der Waals surface area contributed by atoms with Crippen molar-refractivity contribution in [3.63, 3.8) is 0 Å². The molecule has 0 saturated heterocycles. The van der Waals surface area contributed by atoms with Crippen molar-refractivity contribution in [3.05, 3.63) is 87.6 Å². The minimum absolute atomic E-state index is 0.0552. The van der Waals surface area contributed by atoms with E-state index in [1.54, 1.807) is 22.9 Å². The molecule has 1 saturated carbocycles. The molecule has 1 heterocycles. The van der Waals surface area contributed by atoms with Gasteiger partial charge < -0.3 is 0 Å². The zero-order chi connectivity index (χ0) is 23.6. The van der Waals surface area contributed by atoms with Gasteiger partial charge in [0.05, 0.1) is 16.0 Å². The van der Waals surface area contributed by atoms with Crippen LogP contribution in [-0.4, -0.2) is 30.6 Å². The number of sulfonamides is 1. The number of benzene rings is 2. The lowest BCUT2D eigenvalue weighted by atomic mass is 10.2. The van der Waals surface area contributed by atoms with Crippen molar-refractivity contribution in [2.45, 2.75) is 30.3 Å². The van der Waals surface area contributed by atoms with Crippen LogP contribution in [0.1, 0.15) is 39.1 Å². The van der Waals surface area contributed by atoms with Crippen LogP contribution in [0.5, 0.6) is 0 Å². The topological polar surface area (TPSA) is 95.6 Å². The van der Waals surface area contributed by atoms with Crippen LogP contribution in [0.15, 0.2) is 64.2 Å². The van der Waals surface area contributed by atoms with E-state index >= 15 is 0 Å². The first-order valence-electron chi connectivity index (χ1n) is 9.94. The fourth-order valence-electron chi connectivity index (χ4n) is 3.21. The first-order valence-corrected chi connectivity index (χ1v) is 12.3. The lowest BCUT2D eigenvalue weighted by molar-refractivity contribution is 0.0844. The van der Waals surface area contributed by atoms with Crippen molar-refractivity contribution < 1.29 is 26.8 Å². The number of halogens is 2. The van der Waals surface area contributed by atoms with Gasteiger partial charge in [-0.1, -0.05) is 12.1 Å². The molecule has 2 aromatic carbocycles. The molecule has 0 spiro atoms. The second-order valence-corrected chi connectivity index (χ2v) is 10.1. The molecule has 1 aromatic heterocycles. The Bertz CT molecular complexity index is 1290. The van der Waals surface area contributed by atoms with Gasteiger partial charge in [0.2, 0.25) is 10.0 Å². The summed E-state index contributed by atoms with van der Waals surface area (Å²) < 4.78 is 55.8. The third-order valence-electron chi connectivity index (χ3n) is 5.04. The first kappa shape index (κ1) is 23.0. The maximum absolute atomic E-state index is 14.3. The van der Waals surface area contributed by atoms with Crippen LogP contribution in [0.25, 0.3) is 0 Å². The van der Waals surface area contributed by atoms with E-state index in [4.69, 9.17) is 0 Å². The summed E-state index contributed by atoms with van der Waals surface area (Å²) in [4.78, 5) is 24.2. The minimum atomic E-state index is -4.11. The van der Waals surface area contributed by atoms with Crippen molar-refractivity contribution in [1.82, 2.24) is 15.2 Å². The Hall–Kier alpha value is -3.15. The third kappa shape index (κ3) is 5.27. The molecule has 1 aliphatic carbocycles. The summed E-state index contributed by atoms with van der Waals surface area (Å²) in [5.74, 6) is -3.02. The highest BCUT2D eigenvalue weighted by Crippen LogP contribution is 2.34. The van der Waals surface area contributed by atoms with Crippen molar-refractivity contribution in [3.8, 4) is 0 Å². The van der Waals surface area contributed by atoms with Crippen LogP contribution < -0.4 is 10.9 Å². The molecule has 4 rings (SSSR count). The zero-order valence-corrected chi connectivity index (χ0v) is 18.8. The monoisotopic (exact) mass is 491 g/mol. The molecule has 11 heteroatoms. The Kier molecular flexibility index (Phi) is 6.54. The molecule has 0 radical (unpaired) electrons. The number of hydrogen-bond donors (Lipinski definition) is 2. The molecule has 2 N–H and O–H groups in total. The largest absolute Gasteiger partial charge is 0.272 e. The normalized spacial score (nSPS) is 13.7. The molecular weight excluding hydrogens is 472 g/mol. The number of nitrogens with one attached hydrogen (secondary N) is 2. The van der Waals surface area contributed by atoms with E-state index in [0.29, 0.717) is 24.0 Å². The Balaban J connectivity index is 1.55. The number of thiophene rings is 1. The molecule has 1 aliphatic rings. The number of nitrogens with zero attached hydrogens (tertiary/aromatic N) is 1. The minimum Gasteiger partial charge on any atom is -0.267 e. The van der Waals surface area contributed by atoms with E-state index in [9.17, 15) is 26.8 Å². The SMILES string of the molecule is O=C(NNC(=O)c1cc(S(=O)(=O)N(Cc2cccc(F)c2)C2CC2)ccc1F)c1ccsc1. The van der Waals surface area contributed by atoms with Crippen LogP contribution >= 0.6 is 11.3 Å². The molecular formula is C22H19F2N3O4S2. The molecule has 0 bridgehead atoms. The second-order valence-electron chi connectivity index (χ2n) is 7.47. The van der Waals surface area contributed by atoms with E-state index in [1.807, 2.05) is 0 Å². The van der Waals surface area contributed by atoms with Crippen molar-refractivity contribution in [2.75, 3.05) is 0 Å². The average Bonchev–Trinajstić information content (AvgIpc) is 3.47. The summed E-state index contributed by atoms with van der Waals surface area (Å²) in [5.41, 5.74) is 4.51. The number of hydrogen-bond acceptors (Lipinski definition) is 5. The van der Waals surface area contributed by atoms with Gasteiger partial charge in [-0.2, -0.15) is 15.6 Å². The van der Waals surface area contributed by atoms with E-state index in [0.717, 1.165) is 18.2 Å². The van der Waals surface area contributed by atoms with Gasteiger partial charge in [0.25, 0.3) is 11.8 Å². The van der Waals surface area contributed by atoms with Gasteiger partial charge >= 0.3 is 0 Å². The van der Waals surface area contributed by atoms with Gasteiger partial charge in [-0.25, -0.2) is 17.2 Å². The lowest BCUT2D eigenvalue weighted by Gasteiger charge is -2.22. The van der Waals surface area contributed by atoms with E-state index in [-0.39, 0.29) is 17.5 Å². The van der Waals surface area contributed by atoms with E-state index in [1.165, 1.54) is 33.8 Å². The van der Waals surface area contributed by atoms with Gasteiger partial charge in [-0.15, -0.1) is 0 Å². The highest BCUT2D eigenvalue weighted by atomic mass is 32.2. The summed E-state index contributed by atoms with van der Waals surface area (Å²) >= 11 is 1.29. The van der Waals surface area contributed by atoms with Gasteiger partial charge in [-0.3, -0.25) is 20.4 Å². The van der Waals surface area contributed by atoms with Gasteiger partial charge in [0.1, 0.15) is 11.6 Å². The van der Waals surface area contributed by atoms with Crippen LogP contribution in [0, 0.1) is 11.6 Å². The van der Waals surface area contributed by atoms with Crippen LogP contribution in [-0.2, 0) is 16.6 Å². The molecule has 172 valence electrons. The first-order chi connectivity index (χ1) is 15.8. The van der Waals surface area contributed by atoms with E-state index < -0.39 is 39.0 Å². The predicted octanol–water partition coefficient (Wildman–Crippen LogP) is 3.45. The summed E-state index contributed by atoms with van der Waals surface area (Å²) in [6.45, 7) is -0.0552. The number of hydrazine groups is 1. The Morgan fingerprint density at radius 1 is 1.03 bits per heavy atom. The fraction of sp³-hybridized carbons (Fsp3) is 0.182. The number of carbonyl (C=O) groups excluding carboxylic acids is 2. The lowest BCUT2D eigenvalue weighted by Crippen LogP contribution is -2.42. The van der Waals surface area contributed by atoms with Gasteiger partial charge in [0.15, 0.2) is 0 Å². The second kappa shape index (κ2) is 9.38. The van der Waals surface area contributed by atoms with Crippen LogP contribution in [0.4, 0.5) is 8.78 Å². The molecule has 0 unspecified atom stereocenters. The maximum atomic E-state index is 14.3. The van der Waals surface area contributed by atoms with Crippen molar-refractivity contribution in [1.29, 1.82) is 0 Å². The standard InChI is InChI=1S/C22H19F2N3O4S2/c23-16-3-1-2-14(10-16)12-27(17-4-5-17)33(30,31)18-6-7-20(24)19(11-18)22(29)26-25-21(28)15-8-9-32-13-15/h1-3,6-11,13,17H,4-5,12H2,(H,25,28)(H,26,29). The number of rotatable bonds is 7. The molecule has 0 aliphatic heterocycles. The summed E-state index contributed by atoms with van der Waals surface area (Å²) in [6.07, 6.45) is 1.30. The van der Waals surface area contributed by atoms with Crippen molar-refractivity contribution in [2.24, 2.45) is 0 Å². The van der Waals surface area contributed by atoms with Gasteiger partial charge in [0, 0.05) is 18.0 Å². The summed E-state index contributed by atoms with van der Waals surface area (Å²) in [7, 11) is -4.11. The summed E-state index contributed by atoms with van der Waals surface area (Å²) in [5, 5.41) is 3.25. The molecule has 33 heavy (non-hydrogen) atoms. The van der Waals surface area contributed by atoms with E-state index in [2.05, 4.69) is 10.9 Å².